The first-order valence-corrected chi connectivity index (χ1v) is 12.1. The molecule has 0 unspecified atom stereocenters. The maximum absolute atomic E-state index is 12.4. The molecule has 4 aromatic rings. The molecular formula is C26H27N7O3. The molecule has 36 heavy (non-hydrogen) atoms. The molecule has 1 amide bonds. The highest BCUT2D eigenvalue weighted by Crippen LogP contribution is 2.33. The number of rotatable bonds is 6. The number of fused-ring (bicyclic) bond motifs is 1. The van der Waals surface area contributed by atoms with Gasteiger partial charge in [0, 0.05) is 17.8 Å². The van der Waals surface area contributed by atoms with E-state index in [9.17, 15) is 4.79 Å². The van der Waals surface area contributed by atoms with Crippen LogP contribution in [0.15, 0.2) is 48.9 Å². The number of carbonyl (C=O) groups is 1. The average molecular weight is 486 g/mol. The van der Waals surface area contributed by atoms with E-state index in [4.69, 9.17) is 19.6 Å². The Labute approximate surface area is 208 Å². The number of aryl methyl sites for hydroxylation is 1. The molecule has 2 aliphatic rings. The third-order valence-corrected chi connectivity index (χ3v) is 6.71. The Balaban J connectivity index is 1.29. The van der Waals surface area contributed by atoms with Gasteiger partial charge in [0.15, 0.2) is 11.6 Å². The van der Waals surface area contributed by atoms with Crippen LogP contribution in [0.2, 0.25) is 0 Å². The second-order valence-corrected chi connectivity index (χ2v) is 9.16. The van der Waals surface area contributed by atoms with Crippen molar-refractivity contribution in [3.8, 4) is 23.1 Å². The third-order valence-electron chi connectivity index (χ3n) is 6.71. The Morgan fingerprint density at radius 3 is 2.83 bits per heavy atom. The fraction of sp³-hybridized carbons (Fsp3) is 0.346. The Morgan fingerprint density at radius 1 is 1.19 bits per heavy atom. The molecule has 3 aromatic heterocycles. The Bertz CT molecular complexity index is 1420. The first-order valence-electron chi connectivity index (χ1n) is 12.1. The van der Waals surface area contributed by atoms with Crippen molar-refractivity contribution < 1.29 is 14.3 Å². The monoisotopic (exact) mass is 485 g/mol. The van der Waals surface area contributed by atoms with Crippen LogP contribution in [0.5, 0.6) is 5.88 Å². The van der Waals surface area contributed by atoms with Crippen molar-refractivity contribution in [3.05, 3.63) is 66.0 Å². The van der Waals surface area contributed by atoms with Crippen molar-refractivity contribution in [1.82, 2.24) is 29.3 Å². The summed E-state index contributed by atoms with van der Waals surface area (Å²) in [5.41, 5.74) is 3.98. The van der Waals surface area contributed by atoms with E-state index in [1.54, 1.807) is 13.4 Å². The molecule has 10 nitrogen and oxygen atoms in total. The lowest BCUT2D eigenvalue weighted by molar-refractivity contribution is -0.122. The minimum Gasteiger partial charge on any atom is -0.479 e. The first kappa shape index (κ1) is 22.4. The minimum absolute atomic E-state index is 0.0859. The molecule has 1 saturated carbocycles. The van der Waals surface area contributed by atoms with Gasteiger partial charge in [-0.3, -0.25) is 4.79 Å². The molecule has 1 fully saturated rings. The van der Waals surface area contributed by atoms with Crippen LogP contribution >= 0.6 is 0 Å². The first-order chi connectivity index (χ1) is 17.6. The Morgan fingerprint density at radius 2 is 2.08 bits per heavy atom. The van der Waals surface area contributed by atoms with Gasteiger partial charge in [-0.15, -0.1) is 5.10 Å². The summed E-state index contributed by atoms with van der Waals surface area (Å²) >= 11 is 0. The van der Waals surface area contributed by atoms with Crippen molar-refractivity contribution in [2.75, 3.05) is 19.0 Å². The highest BCUT2D eigenvalue weighted by atomic mass is 16.5. The SMILES string of the molecule is COc1nc(-c2nc3n(n2)CCO[C@H]3c2cccc(NC(=O)C3CCC3)c2)ccc1-n1cnc(C)c1. The molecule has 1 atom stereocenters. The summed E-state index contributed by atoms with van der Waals surface area (Å²) in [4.78, 5) is 26.2. The van der Waals surface area contributed by atoms with E-state index in [1.165, 1.54) is 0 Å². The maximum Gasteiger partial charge on any atom is 0.238 e. The third kappa shape index (κ3) is 4.13. The molecule has 1 aliphatic heterocycles. The lowest BCUT2D eigenvalue weighted by Gasteiger charge is -2.25. The fourth-order valence-corrected chi connectivity index (χ4v) is 4.55. The Hall–Kier alpha value is -4.05. The zero-order chi connectivity index (χ0) is 24.6. The minimum atomic E-state index is -0.393. The normalized spacial score (nSPS) is 17.3. The molecule has 0 saturated heterocycles. The number of amides is 1. The maximum atomic E-state index is 12.4. The highest BCUT2D eigenvalue weighted by Gasteiger charge is 2.29. The zero-order valence-electron chi connectivity index (χ0n) is 20.2. The number of pyridine rings is 1. The van der Waals surface area contributed by atoms with Gasteiger partial charge in [-0.25, -0.2) is 19.6 Å². The van der Waals surface area contributed by atoms with Crippen molar-refractivity contribution in [2.45, 2.75) is 38.8 Å². The van der Waals surface area contributed by atoms with Crippen molar-refractivity contribution in [1.29, 1.82) is 0 Å². The predicted octanol–water partition coefficient (Wildman–Crippen LogP) is 3.70. The lowest BCUT2D eigenvalue weighted by Crippen LogP contribution is -2.28. The molecule has 0 spiro atoms. The number of nitrogens with zero attached hydrogens (tertiary/aromatic N) is 6. The van der Waals surface area contributed by atoms with Crippen LogP contribution in [0.1, 0.15) is 42.4 Å². The van der Waals surface area contributed by atoms with Crippen LogP contribution in [-0.2, 0) is 16.1 Å². The number of hydrogen-bond acceptors (Lipinski definition) is 7. The number of ether oxygens (including phenoxy) is 2. The van der Waals surface area contributed by atoms with E-state index < -0.39 is 6.10 Å². The van der Waals surface area contributed by atoms with Crippen LogP contribution in [0.3, 0.4) is 0 Å². The summed E-state index contributed by atoms with van der Waals surface area (Å²) in [5, 5.41) is 7.75. The summed E-state index contributed by atoms with van der Waals surface area (Å²) in [5.74, 6) is 1.87. The van der Waals surface area contributed by atoms with E-state index in [2.05, 4.69) is 15.3 Å². The number of benzene rings is 1. The summed E-state index contributed by atoms with van der Waals surface area (Å²) in [7, 11) is 1.59. The van der Waals surface area contributed by atoms with Crippen molar-refractivity contribution in [2.24, 2.45) is 5.92 Å². The molecule has 1 aliphatic carbocycles. The molecule has 6 rings (SSSR count). The van der Waals surface area contributed by atoms with E-state index >= 15 is 0 Å². The van der Waals surface area contributed by atoms with E-state index in [0.29, 0.717) is 36.4 Å². The number of methoxy groups -OCH3 is 1. The van der Waals surface area contributed by atoms with E-state index in [0.717, 1.165) is 41.9 Å². The van der Waals surface area contributed by atoms with Gasteiger partial charge in [0.25, 0.3) is 0 Å². The van der Waals surface area contributed by atoms with Gasteiger partial charge in [-0.2, -0.15) is 0 Å². The van der Waals surface area contributed by atoms with Gasteiger partial charge in [0.1, 0.15) is 17.5 Å². The molecule has 10 heteroatoms. The molecule has 0 bridgehead atoms. The lowest BCUT2D eigenvalue weighted by atomic mass is 9.85. The molecule has 0 radical (unpaired) electrons. The van der Waals surface area contributed by atoms with Crippen LogP contribution in [0, 0.1) is 12.8 Å². The average Bonchev–Trinajstić information content (AvgIpc) is 3.49. The second kappa shape index (κ2) is 9.19. The smallest absolute Gasteiger partial charge is 0.238 e. The van der Waals surface area contributed by atoms with Crippen LogP contribution < -0.4 is 10.1 Å². The Kier molecular flexibility index (Phi) is 5.73. The summed E-state index contributed by atoms with van der Waals surface area (Å²) in [6.45, 7) is 3.04. The number of carbonyl (C=O) groups excluding carboxylic acids is 1. The topological polar surface area (TPSA) is 109 Å². The fourth-order valence-electron chi connectivity index (χ4n) is 4.55. The van der Waals surface area contributed by atoms with Gasteiger partial charge in [0.2, 0.25) is 11.8 Å². The zero-order valence-corrected chi connectivity index (χ0v) is 20.2. The predicted molar refractivity (Wildman–Crippen MR) is 132 cm³/mol. The molecule has 184 valence electrons. The molecule has 1 aromatic carbocycles. The van der Waals surface area contributed by atoms with E-state index in [1.807, 2.05) is 58.8 Å². The van der Waals surface area contributed by atoms with Crippen molar-refractivity contribution >= 4 is 11.6 Å². The van der Waals surface area contributed by atoms with Gasteiger partial charge in [-0.1, -0.05) is 18.6 Å². The van der Waals surface area contributed by atoms with E-state index in [-0.39, 0.29) is 11.8 Å². The van der Waals surface area contributed by atoms with Crippen LogP contribution in [0.4, 0.5) is 5.69 Å². The summed E-state index contributed by atoms with van der Waals surface area (Å²) < 4.78 is 15.4. The van der Waals surface area contributed by atoms with Crippen molar-refractivity contribution in [3.63, 3.8) is 0 Å². The molecular weight excluding hydrogens is 458 g/mol. The summed E-state index contributed by atoms with van der Waals surface area (Å²) in [6.07, 6.45) is 6.30. The quantitative estimate of drug-likeness (QED) is 0.443. The molecule has 1 N–H and O–H groups in total. The second-order valence-electron chi connectivity index (χ2n) is 9.16. The number of anilines is 1. The van der Waals surface area contributed by atoms with Gasteiger partial charge in [0.05, 0.1) is 32.3 Å². The largest absolute Gasteiger partial charge is 0.479 e. The number of nitrogens with one attached hydrogen (secondary N) is 1. The van der Waals surface area contributed by atoms with Gasteiger partial charge >= 0.3 is 0 Å². The van der Waals surface area contributed by atoms with Gasteiger partial charge in [-0.05, 0) is 49.6 Å². The number of imidazole rings is 1. The number of aromatic nitrogens is 6. The highest BCUT2D eigenvalue weighted by molar-refractivity contribution is 5.93. The molecule has 4 heterocycles. The van der Waals surface area contributed by atoms with Crippen LogP contribution in [0.25, 0.3) is 17.2 Å². The number of hydrogen-bond donors (Lipinski definition) is 1. The van der Waals surface area contributed by atoms with Crippen LogP contribution in [-0.4, -0.2) is 48.9 Å². The standard InChI is InChI=1S/C26H27N7O3/c1-16-14-32(15-27-16)21-10-9-20(29-26(21)35-2)23-30-24-22(36-12-11-33(24)31-23)18-7-4-8-19(13-18)28-25(34)17-5-3-6-17/h4,7-10,13-15,17,22H,3,5-6,11-12H2,1-2H3,(H,28,34)/t22-/m0/s1. The summed E-state index contributed by atoms with van der Waals surface area (Å²) in [6, 6.07) is 11.6. The van der Waals surface area contributed by atoms with Gasteiger partial charge < -0.3 is 19.4 Å².